The van der Waals surface area contributed by atoms with Crippen LogP contribution in [0, 0.1) is 0 Å². The van der Waals surface area contributed by atoms with Crippen molar-refractivity contribution in [1.29, 1.82) is 0 Å². The number of ketones is 2. The van der Waals surface area contributed by atoms with E-state index in [2.05, 4.69) is 0 Å². The molecule has 0 heterocycles. The van der Waals surface area contributed by atoms with Gasteiger partial charge in [0.25, 0.3) is 0 Å². The summed E-state index contributed by atoms with van der Waals surface area (Å²) in [5.41, 5.74) is 2.49. The zero-order valence-corrected chi connectivity index (χ0v) is 12.0. The number of halogens is 1. The van der Waals surface area contributed by atoms with E-state index in [0.717, 1.165) is 5.56 Å². The normalized spacial score (nSPS) is 13.6. The second-order valence-electron chi connectivity index (χ2n) is 4.26. The second kappa shape index (κ2) is 4.74. The molecule has 3 rings (SSSR count). The lowest BCUT2D eigenvalue weighted by molar-refractivity contribution is 0.103. The molecule has 1 aliphatic carbocycles. The number of fused-ring (bicyclic) bond motifs is 1. The first kappa shape index (κ1) is 12.3. The van der Waals surface area contributed by atoms with E-state index in [4.69, 9.17) is 0 Å². The number of benzene rings is 2. The fourth-order valence-electron chi connectivity index (χ4n) is 2.20. The van der Waals surface area contributed by atoms with Gasteiger partial charge < -0.3 is 0 Å². The summed E-state index contributed by atoms with van der Waals surface area (Å²) >= 11 is 1.97. The van der Waals surface area contributed by atoms with E-state index >= 15 is 0 Å². The number of carbonyl (C=O) groups excluding carboxylic acids is 2. The van der Waals surface area contributed by atoms with Crippen molar-refractivity contribution in [1.82, 2.24) is 0 Å². The molecule has 0 radical (unpaired) electrons. The van der Waals surface area contributed by atoms with Gasteiger partial charge in [0.05, 0.1) is 3.58 Å². The molecule has 3 heteroatoms. The van der Waals surface area contributed by atoms with E-state index in [1.165, 1.54) is 0 Å². The Morgan fingerprint density at radius 3 is 2.11 bits per heavy atom. The van der Waals surface area contributed by atoms with Crippen LogP contribution in [-0.4, -0.2) is 11.6 Å². The molecule has 2 aromatic rings. The third-order valence-corrected chi connectivity index (χ3v) is 4.15. The molecule has 0 amide bonds. The SMILES string of the molecule is O=C(C1=C(I)C(=O)c2ccccc21)c1ccccc1. The van der Waals surface area contributed by atoms with Crippen molar-refractivity contribution in [2.24, 2.45) is 0 Å². The summed E-state index contributed by atoms with van der Waals surface area (Å²) in [5, 5.41) is 0. The molecule has 0 fully saturated rings. The standard InChI is InChI=1S/C16H9IO2/c17-14-13(15(18)10-6-2-1-3-7-10)11-8-4-5-9-12(11)16(14)19/h1-9H. The van der Waals surface area contributed by atoms with Crippen LogP contribution < -0.4 is 0 Å². The molecule has 0 saturated heterocycles. The second-order valence-corrected chi connectivity index (χ2v) is 5.34. The lowest BCUT2D eigenvalue weighted by Crippen LogP contribution is -2.02. The average Bonchev–Trinajstić information content (AvgIpc) is 2.72. The Bertz CT molecular complexity index is 715. The van der Waals surface area contributed by atoms with Crippen molar-refractivity contribution < 1.29 is 9.59 Å². The first-order valence-corrected chi connectivity index (χ1v) is 6.91. The van der Waals surface area contributed by atoms with Crippen LogP contribution in [0.15, 0.2) is 58.2 Å². The van der Waals surface area contributed by atoms with E-state index in [9.17, 15) is 9.59 Å². The van der Waals surface area contributed by atoms with E-state index in [1.807, 2.05) is 59.0 Å². The highest BCUT2D eigenvalue weighted by molar-refractivity contribution is 14.1. The Kier molecular flexibility index (Phi) is 3.06. The Morgan fingerprint density at radius 1 is 0.842 bits per heavy atom. The van der Waals surface area contributed by atoms with E-state index in [-0.39, 0.29) is 11.6 Å². The largest absolute Gasteiger partial charge is 0.289 e. The van der Waals surface area contributed by atoms with Crippen LogP contribution in [0.1, 0.15) is 26.3 Å². The number of Topliss-reactive ketones (excluding diaryl/α,β-unsaturated/α-hetero) is 2. The van der Waals surface area contributed by atoms with Crippen LogP contribution in [-0.2, 0) is 0 Å². The number of hydrogen-bond acceptors (Lipinski definition) is 2. The van der Waals surface area contributed by atoms with E-state index < -0.39 is 0 Å². The fraction of sp³-hybridized carbons (Fsp3) is 0. The van der Waals surface area contributed by atoms with Crippen LogP contribution in [0.25, 0.3) is 5.57 Å². The maximum atomic E-state index is 12.6. The zero-order valence-electron chi connectivity index (χ0n) is 9.89. The summed E-state index contributed by atoms with van der Waals surface area (Å²) in [6, 6.07) is 16.3. The van der Waals surface area contributed by atoms with Gasteiger partial charge in [0.15, 0.2) is 5.78 Å². The molecule has 0 bridgehead atoms. The number of allylic oxidation sites excluding steroid dienone is 2. The first-order chi connectivity index (χ1) is 9.20. The Morgan fingerprint density at radius 2 is 1.42 bits per heavy atom. The smallest absolute Gasteiger partial charge is 0.200 e. The zero-order chi connectivity index (χ0) is 13.4. The minimum atomic E-state index is -0.0942. The van der Waals surface area contributed by atoms with Gasteiger partial charge in [-0.05, 0) is 28.2 Å². The van der Waals surface area contributed by atoms with E-state index in [1.54, 1.807) is 18.2 Å². The van der Waals surface area contributed by atoms with Gasteiger partial charge >= 0.3 is 0 Å². The van der Waals surface area contributed by atoms with Crippen molar-refractivity contribution >= 4 is 39.7 Å². The highest BCUT2D eigenvalue weighted by atomic mass is 127. The summed E-state index contributed by atoms with van der Waals surface area (Å²) in [7, 11) is 0. The fourth-order valence-corrected chi connectivity index (χ4v) is 3.03. The van der Waals surface area contributed by atoms with Crippen molar-refractivity contribution in [2.45, 2.75) is 0 Å². The molecule has 0 aromatic heterocycles. The predicted octanol–water partition coefficient (Wildman–Crippen LogP) is 3.91. The van der Waals surface area contributed by atoms with Crippen LogP contribution in [0.4, 0.5) is 0 Å². The molecule has 0 unspecified atom stereocenters. The highest BCUT2D eigenvalue weighted by Crippen LogP contribution is 2.37. The summed E-state index contributed by atoms with van der Waals surface area (Å²) in [6.07, 6.45) is 0. The number of hydrogen-bond donors (Lipinski definition) is 0. The summed E-state index contributed by atoms with van der Waals surface area (Å²) in [4.78, 5) is 24.7. The van der Waals surface area contributed by atoms with Gasteiger partial charge in [-0.1, -0.05) is 54.6 Å². The summed E-state index contributed by atoms with van der Waals surface area (Å²) < 4.78 is 0.507. The molecule has 2 aromatic carbocycles. The highest BCUT2D eigenvalue weighted by Gasteiger charge is 2.31. The molecule has 92 valence electrons. The third kappa shape index (κ3) is 1.94. The Balaban J connectivity index is 2.16. The molecular formula is C16H9IO2. The number of carbonyl (C=O) groups is 2. The molecule has 0 atom stereocenters. The topological polar surface area (TPSA) is 34.1 Å². The Labute approximate surface area is 124 Å². The van der Waals surface area contributed by atoms with Gasteiger partial charge in [-0.3, -0.25) is 9.59 Å². The average molecular weight is 360 g/mol. The van der Waals surface area contributed by atoms with Gasteiger partial charge in [-0.15, -0.1) is 0 Å². The van der Waals surface area contributed by atoms with Crippen LogP contribution in [0.3, 0.4) is 0 Å². The molecule has 0 saturated carbocycles. The molecule has 19 heavy (non-hydrogen) atoms. The molecular weight excluding hydrogens is 351 g/mol. The van der Waals surface area contributed by atoms with Gasteiger partial charge in [0.2, 0.25) is 5.78 Å². The molecule has 0 aliphatic heterocycles. The van der Waals surface area contributed by atoms with Crippen LogP contribution >= 0.6 is 22.6 Å². The summed E-state index contributed by atoms with van der Waals surface area (Å²) in [5.74, 6) is -0.154. The minimum Gasteiger partial charge on any atom is -0.289 e. The van der Waals surface area contributed by atoms with Gasteiger partial charge in [0, 0.05) is 16.7 Å². The van der Waals surface area contributed by atoms with Crippen molar-refractivity contribution in [3.63, 3.8) is 0 Å². The predicted molar refractivity (Wildman–Crippen MR) is 82.5 cm³/mol. The molecule has 1 aliphatic rings. The monoisotopic (exact) mass is 360 g/mol. The maximum absolute atomic E-state index is 12.6. The van der Waals surface area contributed by atoms with Crippen molar-refractivity contribution in [3.8, 4) is 0 Å². The van der Waals surface area contributed by atoms with Gasteiger partial charge in [-0.25, -0.2) is 0 Å². The van der Waals surface area contributed by atoms with Crippen LogP contribution in [0.2, 0.25) is 0 Å². The molecule has 0 N–H and O–H groups in total. The van der Waals surface area contributed by atoms with Crippen molar-refractivity contribution in [2.75, 3.05) is 0 Å². The summed E-state index contributed by atoms with van der Waals surface area (Å²) in [6.45, 7) is 0. The van der Waals surface area contributed by atoms with Crippen molar-refractivity contribution in [3.05, 3.63) is 74.9 Å². The van der Waals surface area contributed by atoms with Gasteiger partial charge in [0.1, 0.15) is 0 Å². The van der Waals surface area contributed by atoms with E-state index in [0.29, 0.717) is 20.3 Å². The minimum absolute atomic E-state index is 0.0597. The Hall–Kier alpha value is -1.75. The van der Waals surface area contributed by atoms with Crippen LogP contribution in [0.5, 0.6) is 0 Å². The molecule has 2 nitrogen and oxygen atoms in total. The third-order valence-electron chi connectivity index (χ3n) is 3.12. The first-order valence-electron chi connectivity index (χ1n) is 5.84. The lowest BCUT2D eigenvalue weighted by Gasteiger charge is -2.04. The lowest BCUT2D eigenvalue weighted by atomic mass is 9.98. The van der Waals surface area contributed by atoms with Gasteiger partial charge in [-0.2, -0.15) is 0 Å². The number of rotatable bonds is 2. The maximum Gasteiger partial charge on any atom is 0.200 e. The molecule has 0 spiro atoms. The quantitative estimate of drug-likeness (QED) is 0.601.